The maximum absolute atomic E-state index is 12.7. The van der Waals surface area contributed by atoms with Gasteiger partial charge in [-0.3, -0.25) is 9.69 Å². The Morgan fingerprint density at radius 1 is 1.23 bits per heavy atom. The monoisotopic (exact) mass is 322 g/mol. The molecule has 0 radical (unpaired) electrons. The summed E-state index contributed by atoms with van der Waals surface area (Å²) in [6.07, 6.45) is 0.165. The summed E-state index contributed by atoms with van der Waals surface area (Å²) >= 11 is 0. The van der Waals surface area contributed by atoms with Crippen LogP contribution >= 0.6 is 0 Å². The summed E-state index contributed by atoms with van der Waals surface area (Å²) in [6.45, 7) is 0.335. The molecule has 0 spiro atoms. The topological polar surface area (TPSA) is 43.8 Å². The zero-order valence-electron chi connectivity index (χ0n) is 13.0. The Balaban J connectivity index is 1.81. The molecule has 128 valence electrons. The van der Waals surface area contributed by atoms with Crippen molar-refractivity contribution in [1.82, 2.24) is 9.80 Å². The van der Waals surface area contributed by atoms with Crippen LogP contribution in [-0.4, -0.2) is 65.3 Å². The van der Waals surface area contributed by atoms with Gasteiger partial charge in [0.15, 0.2) is 5.60 Å². The molecule has 0 aromatic heterocycles. The van der Waals surface area contributed by atoms with Crippen LogP contribution in [0, 0.1) is 0 Å². The van der Waals surface area contributed by atoms with Crippen LogP contribution in [0.4, 0.5) is 13.2 Å². The highest BCUT2D eigenvalue weighted by Crippen LogP contribution is 2.38. The smallest absolute Gasteiger partial charge is 0.380 e. The molecule has 1 amide bonds. The Kier molecular flexibility index (Phi) is 5.37. The summed E-state index contributed by atoms with van der Waals surface area (Å²) in [5, 5.41) is 9.63. The van der Waals surface area contributed by atoms with E-state index in [2.05, 4.69) is 0 Å². The number of nitrogens with zero attached hydrogens (tertiary/aromatic N) is 2. The zero-order valence-corrected chi connectivity index (χ0v) is 13.0. The lowest BCUT2D eigenvalue weighted by Crippen LogP contribution is -2.55. The molecular weight excluding hydrogens is 297 g/mol. The summed E-state index contributed by atoms with van der Waals surface area (Å²) in [7, 11) is 1.79. The molecule has 1 heterocycles. The van der Waals surface area contributed by atoms with E-state index in [-0.39, 0.29) is 44.4 Å². The molecule has 1 aliphatic heterocycles. The second-order valence-corrected chi connectivity index (χ2v) is 6.60. The van der Waals surface area contributed by atoms with Crippen molar-refractivity contribution in [3.63, 3.8) is 0 Å². The summed E-state index contributed by atoms with van der Waals surface area (Å²) in [4.78, 5) is 15.7. The number of carbonyl (C=O) groups is 1. The Labute approximate surface area is 129 Å². The molecule has 4 nitrogen and oxygen atoms in total. The molecule has 1 saturated carbocycles. The maximum Gasteiger partial charge on any atom is 0.417 e. The summed E-state index contributed by atoms with van der Waals surface area (Å²) in [5.74, 6) is -0.0376. The lowest BCUT2D eigenvalue weighted by Gasteiger charge is -2.39. The molecule has 0 aromatic carbocycles. The van der Waals surface area contributed by atoms with E-state index in [1.807, 2.05) is 0 Å². The summed E-state index contributed by atoms with van der Waals surface area (Å²) in [5.41, 5.74) is -2.60. The number of likely N-dealkylation sites (tertiary alicyclic amines) is 1. The number of hydrogen-bond donors (Lipinski definition) is 1. The van der Waals surface area contributed by atoms with Crippen molar-refractivity contribution in [2.24, 2.45) is 0 Å². The molecule has 0 bridgehead atoms. The van der Waals surface area contributed by atoms with E-state index in [0.717, 1.165) is 25.7 Å². The van der Waals surface area contributed by atoms with Gasteiger partial charge in [-0.15, -0.1) is 0 Å². The molecule has 1 saturated heterocycles. The van der Waals surface area contributed by atoms with Gasteiger partial charge in [-0.1, -0.05) is 19.3 Å². The van der Waals surface area contributed by atoms with E-state index in [1.54, 1.807) is 16.8 Å². The molecule has 1 N–H and O–H groups in total. The predicted octanol–water partition coefficient (Wildman–Crippen LogP) is 2.17. The zero-order chi connectivity index (χ0) is 16.4. The summed E-state index contributed by atoms with van der Waals surface area (Å²) in [6, 6.07) is 0.262. The van der Waals surface area contributed by atoms with Gasteiger partial charge in [-0.05, 0) is 25.7 Å². The van der Waals surface area contributed by atoms with Crippen molar-refractivity contribution in [2.45, 2.75) is 62.8 Å². The van der Waals surface area contributed by atoms with Crippen molar-refractivity contribution < 1.29 is 23.1 Å². The van der Waals surface area contributed by atoms with Crippen LogP contribution in [0.3, 0.4) is 0 Å². The fraction of sp³-hybridized carbons (Fsp3) is 0.933. The third-order valence-electron chi connectivity index (χ3n) is 5.09. The second-order valence-electron chi connectivity index (χ2n) is 6.60. The number of aliphatic hydroxyl groups is 1. The Morgan fingerprint density at radius 2 is 1.77 bits per heavy atom. The Morgan fingerprint density at radius 3 is 2.27 bits per heavy atom. The van der Waals surface area contributed by atoms with E-state index in [1.165, 1.54) is 6.42 Å². The van der Waals surface area contributed by atoms with Crippen LogP contribution < -0.4 is 0 Å². The van der Waals surface area contributed by atoms with E-state index in [0.29, 0.717) is 0 Å². The minimum absolute atomic E-state index is 0.0376. The molecule has 2 aliphatic rings. The fourth-order valence-electron chi connectivity index (χ4n) is 3.34. The third-order valence-corrected chi connectivity index (χ3v) is 5.09. The molecule has 0 aromatic rings. The predicted molar refractivity (Wildman–Crippen MR) is 76.3 cm³/mol. The van der Waals surface area contributed by atoms with Crippen LogP contribution in [0.2, 0.25) is 0 Å². The van der Waals surface area contributed by atoms with Crippen LogP contribution in [0.25, 0.3) is 0 Å². The molecule has 7 heteroatoms. The number of halogens is 3. The molecule has 22 heavy (non-hydrogen) atoms. The number of alkyl halides is 3. The van der Waals surface area contributed by atoms with Gasteiger partial charge in [0.25, 0.3) is 0 Å². The van der Waals surface area contributed by atoms with Crippen molar-refractivity contribution in [2.75, 3.05) is 26.7 Å². The number of hydrogen-bond acceptors (Lipinski definition) is 3. The van der Waals surface area contributed by atoms with Crippen LogP contribution in [0.15, 0.2) is 0 Å². The molecule has 0 atom stereocenters. The molecule has 0 unspecified atom stereocenters. The third kappa shape index (κ3) is 3.93. The molecule has 2 fully saturated rings. The van der Waals surface area contributed by atoms with Gasteiger partial charge in [0, 0.05) is 26.2 Å². The van der Waals surface area contributed by atoms with Gasteiger partial charge in [-0.25, -0.2) is 0 Å². The molecular formula is C15H25F3N2O2. The van der Waals surface area contributed by atoms with Crippen LogP contribution in [0.5, 0.6) is 0 Å². The normalized spacial score (nSPS) is 24.2. The van der Waals surface area contributed by atoms with Gasteiger partial charge < -0.3 is 10.0 Å². The van der Waals surface area contributed by atoms with Crippen molar-refractivity contribution in [3.05, 3.63) is 0 Å². The maximum atomic E-state index is 12.7. The second kappa shape index (κ2) is 6.74. The lowest BCUT2D eigenvalue weighted by molar-refractivity contribution is -0.272. The van der Waals surface area contributed by atoms with Crippen molar-refractivity contribution in [3.8, 4) is 0 Å². The highest BCUT2D eigenvalue weighted by molar-refractivity contribution is 5.78. The van der Waals surface area contributed by atoms with Gasteiger partial charge in [0.05, 0.1) is 6.54 Å². The van der Waals surface area contributed by atoms with Crippen LogP contribution in [-0.2, 0) is 4.79 Å². The number of rotatable bonds is 3. The standard InChI is InChI=1S/C15H25F3N2O2/c1-19(12-5-3-2-4-6-12)13(21)11-20-9-7-14(22,8-10-20)15(16,17)18/h12,22H,2-11H2,1H3. The Bertz CT molecular complexity index is 387. The minimum Gasteiger partial charge on any atom is -0.380 e. The first kappa shape index (κ1) is 17.5. The first-order valence-electron chi connectivity index (χ1n) is 8.00. The minimum atomic E-state index is -4.60. The number of piperidine rings is 1. The molecule has 1 aliphatic carbocycles. The number of amides is 1. The lowest BCUT2D eigenvalue weighted by atomic mass is 9.90. The first-order chi connectivity index (χ1) is 10.2. The van der Waals surface area contributed by atoms with Gasteiger partial charge in [-0.2, -0.15) is 13.2 Å². The SMILES string of the molecule is CN(C(=O)CN1CCC(O)(C(F)(F)F)CC1)C1CCCCC1. The van der Waals surface area contributed by atoms with E-state index < -0.39 is 11.8 Å². The number of carbonyl (C=O) groups excluding carboxylic acids is 1. The van der Waals surface area contributed by atoms with Gasteiger partial charge >= 0.3 is 6.18 Å². The van der Waals surface area contributed by atoms with E-state index in [9.17, 15) is 23.1 Å². The van der Waals surface area contributed by atoms with E-state index >= 15 is 0 Å². The number of likely N-dealkylation sites (N-methyl/N-ethyl adjacent to an activating group) is 1. The van der Waals surface area contributed by atoms with E-state index in [4.69, 9.17) is 0 Å². The summed E-state index contributed by atoms with van der Waals surface area (Å²) < 4.78 is 38.2. The first-order valence-corrected chi connectivity index (χ1v) is 8.00. The van der Waals surface area contributed by atoms with Gasteiger partial charge in [0.2, 0.25) is 5.91 Å². The Hall–Kier alpha value is -0.820. The molecule has 2 rings (SSSR count). The highest BCUT2D eigenvalue weighted by Gasteiger charge is 2.54. The van der Waals surface area contributed by atoms with Crippen LogP contribution in [0.1, 0.15) is 44.9 Å². The largest absolute Gasteiger partial charge is 0.417 e. The highest BCUT2D eigenvalue weighted by atomic mass is 19.4. The van der Waals surface area contributed by atoms with Crippen molar-refractivity contribution >= 4 is 5.91 Å². The van der Waals surface area contributed by atoms with Crippen molar-refractivity contribution in [1.29, 1.82) is 0 Å². The quantitative estimate of drug-likeness (QED) is 0.866. The average Bonchev–Trinajstić information content (AvgIpc) is 2.48. The fourth-order valence-corrected chi connectivity index (χ4v) is 3.34. The van der Waals surface area contributed by atoms with Gasteiger partial charge in [0.1, 0.15) is 0 Å². The average molecular weight is 322 g/mol.